The summed E-state index contributed by atoms with van der Waals surface area (Å²) in [7, 11) is 0. The van der Waals surface area contributed by atoms with Crippen molar-refractivity contribution in [2.24, 2.45) is 5.92 Å². The maximum absolute atomic E-state index is 13.2. The molecule has 2 N–H and O–H groups in total. The number of phenolic OH excluding ortho intramolecular Hbond substituents is 1. The molecule has 1 saturated heterocycles. The monoisotopic (exact) mass is 385 g/mol. The number of hydrogen-bond donors (Lipinski definition) is 2. The Morgan fingerprint density at radius 1 is 1.25 bits per heavy atom. The molecule has 8 heteroatoms. The standard InChI is InChI=1S/C20H23N3O5/c1-12-15(3-2-4-18(12)25)19(26)23-8-7-22(10-17(23)13-5-6-13)20(27)16-9-14(11-24)28-21-16/h2-4,9,13,17,24-25H,5-8,10-11H2,1H3. The molecule has 1 aliphatic carbocycles. The minimum Gasteiger partial charge on any atom is -0.508 e. The van der Waals surface area contributed by atoms with Gasteiger partial charge in [0.15, 0.2) is 11.5 Å². The lowest BCUT2D eigenvalue weighted by Crippen LogP contribution is -2.57. The number of amides is 2. The zero-order valence-corrected chi connectivity index (χ0v) is 15.7. The normalized spacial score (nSPS) is 19.7. The summed E-state index contributed by atoms with van der Waals surface area (Å²) in [4.78, 5) is 29.4. The third-order valence-electron chi connectivity index (χ3n) is 5.60. The molecule has 148 valence electrons. The van der Waals surface area contributed by atoms with Crippen molar-refractivity contribution in [2.75, 3.05) is 19.6 Å². The molecule has 0 bridgehead atoms. The predicted molar refractivity (Wildman–Crippen MR) is 98.7 cm³/mol. The van der Waals surface area contributed by atoms with E-state index in [2.05, 4.69) is 5.16 Å². The fraction of sp³-hybridized carbons (Fsp3) is 0.450. The second kappa shape index (κ2) is 7.27. The maximum atomic E-state index is 13.2. The van der Waals surface area contributed by atoms with E-state index in [1.54, 1.807) is 30.0 Å². The second-order valence-corrected chi connectivity index (χ2v) is 7.44. The van der Waals surface area contributed by atoms with Gasteiger partial charge >= 0.3 is 0 Å². The molecule has 1 saturated carbocycles. The van der Waals surface area contributed by atoms with Crippen LogP contribution in [0.5, 0.6) is 5.75 Å². The van der Waals surface area contributed by atoms with Crippen LogP contribution in [0.1, 0.15) is 45.0 Å². The van der Waals surface area contributed by atoms with Crippen LogP contribution in [0.2, 0.25) is 0 Å². The summed E-state index contributed by atoms with van der Waals surface area (Å²) in [5.41, 5.74) is 1.23. The van der Waals surface area contributed by atoms with Crippen LogP contribution in [0.15, 0.2) is 28.8 Å². The molecule has 0 radical (unpaired) electrons. The van der Waals surface area contributed by atoms with Crippen LogP contribution in [0, 0.1) is 12.8 Å². The van der Waals surface area contributed by atoms with Crippen LogP contribution in [0.25, 0.3) is 0 Å². The van der Waals surface area contributed by atoms with Crippen molar-refractivity contribution in [3.63, 3.8) is 0 Å². The van der Waals surface area contributed by atoms with Crippen molar-refractivity contribution in [3.05, 3.63) is 46.8 Å². The Morgan fingerprint density at radius 3 is 2.71 bits per heavy atom. The molecule has 2 fully saturated rings. The topological polar surface area (TPSA) is 107 Å². The van der Waals surface area contributed by atoms with Crippen molar-refractivity contribution in [1.82, 2.24) is 15.0 Å². The van der Waals surface area contributed by atoms with Crippen molar-refractivity contribution >= 4 is 11.8 Å². The highest BCUT2D eigenvalue weighted by molar-refractivity contribution is 5.97. The molecule has 1 aromatic heterocycles. The fourth-order valence-electron chi connectivity index (χ4n) is 3.79. The van der Waals surface area contributed by atoms with E-state index < -0.39 is 0 Å². The number of aliphatic hydroxyl groups is 1. The van der Waals surface area contributed by atoms with Crippen LogP contribution >= 0.6 is 0 Å². The number of piperazine rings is 1. The average Bonchev–Trinajstić information content (AvgIpc) is 3.45. The minimum atomic E-state index is -0.309. The maximum Gasteiger partial charge on any atom is 0.276 e. The van der Waals surface area contributed by atoms with Gasteiger partial charge in [0.05, 0.1) is 6.04 Å². The molecule has 1 aromatic carbocycles. The van der Waals surface area contributed by atoms with Gasteiger partial charge in [0.25, 0.3) is 11.8 Å². The number of rotatable bonds is 4. The molecule has 2 heterocycles. The lowest BCUT2D eigenvalue weighted by molar-refractivity contribution is 0.0343. The van der Waals surface area contributed by atoms with Crippen molar-refractivity contribution in [1.29, 1.82) is 0 Å². The van der Waals surface area contributed by atoms with Crippen LogP contribution in [0.4, 0.5) is 0 Å². The molecule has 4 rings (SSSR count). The highest BCUT2D eigenvalue weighted by atomic mass is 16.5. The Labute approximate surface area is 162 Å². The molecule has 8 nitrogen and oxygen atoms in total. The Bertz CT molecular complexity index is 905. The van der Waals surface area contributed by atoms with E-state index >= 15 is 0 Å². The molecule has 28 heavy (non-hydrogen) atoms. The van der Waals surface area contributed by atoms with Crippen LogP contribution in [0.3, 0.4) is 0 Å². The Hall–Kier alpha value is -2.87. The summed E-state index contributed by atoms with van der Waals surface area (Å²) in [6.45, 7) is 2.68. The Kier molecular flexibility index (Phi) is 4.80. The van der Waals surface area contributed by atoms with E-state index in [1.165, 1.54) is 6.07 Å². The lowest BCUT2D eigenvalue weighted by atomic mass is 10.0. The van der Waals surface area contributed by atoms with Gasteiger partial charge in [-0.2, -0.15) is 0 Å². The van der Waals surface area contributed by atoms with Gasteiger partial charge in [-0.05, 0) is 37.8 Å². The van der Waals surface area contributed by atoms with E-state index in [-0.39, 0.29) is 41.7 Å². The summed E-state index contributed by atoms with van der Waals surface area (Å²) in [6, 6.07) is 6.35. The van der Waals surface area contributed by atoms with Crippen molar-refractivity contribution in [3.8, 4) is 5.75 Å². The van der Waals surface area contributed by atoms with Crippen molar-refractivity contribution in [2.45, 2.75) is 32.4 Å². The van der Waals surface area contributed by atoms with Gasteiger partial charge in [-0.1, -0.05) is 11.2 Å². The molecule has 2 amide bonds. The third-order valence-corrected chi connectivity index (χ3v) is 5.60. The number of aromatic hydroxyl groups is 1. The van der Waals surface area contributed by atoms with E-state index in [1.807, 2.05) is 4.90 Å². The number of nitrogens with zero attached hydrogens (tertiary/aromatic N) is 3. The number of aromatic nitrogens is 1. The van der Waals surface area contributed by atoms with E-state index in [0.29, 0.717) is 36.7 Å². The van der Waals surface area contributed by atoms with Gasteiger partial charge in [0, 0.05) is 36.8 Å². The first-order chi connectivity index (χ1) is 13.5. The summed E-state index contributed by atoms with van der Waals surface area (Å²) in [5, 5.41) is 22.8. The van der Waals surface area contributed by atoms with E-state index in [9.17, 15) is 14.7 Å². The lowest BCUT2D eigenvalue weighted by Gasteiger charge is -2.41. The molecular weight excluding hydrogens is 362 g/mol. The fourth-order valence-corrected chi connectivity index (χ4v) is 3.79. The number of carbonyl (C=O) groups excluding carboxylic acids is 2. The average molecular weight is 385 g/mol. The molecule has 1 unspecified atom stereocenters. The number of aliphatic hydroxyl groups excluding tert-OH is 1. The molecule has 0 spiro atoms. The highest BCUT2D eigenvalue weighted by Gasteiger charge is 2.42. The van der Waals surface area contributed by atoms with Gasteiger partial charge in [0.1, 0.15) is 12.4 Å². The molecule has 2 aromatic rings. The van der Waals surface area contributed by atoms with Crippen LogP contribution < -0.4 is 0 Å². The highest BCUT2D eigenvalue weighted by Crippen LogP contribution is 2.38. The number of phenols is 1. The minimum absolute atomic E-state index is 0.0591. The van der Waals surface area contributed by atoms with Gasteiger partial charge in [-0.3, -0.25) is 9.59 Å². The summed E-state index contributed by atoms with van der Waals surface area (Å²) in [5.74, 6) is 0.363. The quantitative estimate of drug-likeness (QED) is 0.827. The summed E-state index contributed by atoms with van der Waals surface area (Å²) in [6.07, 6.45) is 2.07. The second-order valence-electron chi connectivity index (χ2n) is 7.44. The Morgan fingerprint density at radius 2 is 2.04 bits per heavy atom. The van der Waals surface area contributed by atoms with E-state index in [0.717, 1.165) is 12.8 Å². The largest absolute Gasteiger partial charge is 0.508 e. The Balaban J connectivity index is 1.53. The van der Waals surface area contributed by atoms with Gasteiger partial charge in [-0.15, -0.1) is 0 Å². The van der Waals surface area contributed by atoms with Gasteiger partial charge in [0.2, 0.25) is 0 Å². The molecular formula is C20H23N3O5. The summed E-state index contributed by atoms with van der Waals surface area (Å²) >= 11 is 0. The number of benzene rings is 1. The number of hydrogen-bond acceptors (Lipinski definition) is 6. The summed E-state index contributed by atoms with van der Waals surface area (Å²) < 4.78 is 4.92. The number of carbonyl (C=O) groups is 2. The zero-order valence-electron chi connectivity index (χ0n) is 15.7. The van der Waals surface area contributed by atoms with Crippen molar-refractivity contribution < 1.29 is 24.3 Å². The van der Waals surface area contributed by atoms with Crippen LogP contribution in [-0.2, 0) is 6.61 Å². The van der Waals surface area contributed by atoms with Gasteiger partial charge in [-0.25, -0.2) is 0 Å². The molecule has 2 aliphatic rings. The molecule has 1 atom stereocenters. The molecule has 1 aliphatic heterocycles. The first-order valence-electron chi connectivity index (χ1n) is 9.45. The van der Waals surface area contributed by atoms with E-state index in [4.69, 9.17) is 9.63 Å². The van der Waals surface area contributed by atoms with Crippen LogP contribution in [-0.4, -0.2) is 62.7 Å². The van der Waals surface area contributed by atoms with Gasteiger partial charge < -0.3 is 24.5 Å². The third kappa shape index (κ3) is 3.35. The predicted octanol–water partition coefficient (Wildman–Crippen LogP) is 1.56. The first kappa shape index (κ1) is 18.5. The first-order valence-corrected chi connectivity index (χ1v) is 9.45. The zero-order chi connectivity index (χ0) is 19.8. The SMILES string of the molecule is Cc1c(O)cccc1C(=O)N1CCN(C(=O)c2cc(CO)on2)CC1C1CC1. The smallest absolute Gasteiger partial charge is 0.276 e.